The van der Waals surface area contributed by atoms with Crippen molar-refractivity contribution in [1.29, 1.82) is 0 Å². The lowest BCUT2D eigenvalue weighted by molar-refractivity contribution is 0.323. The summed E-state index contributed by atoms with van der Waals surface area (Å²) < 4.78 is 11.4. The standard InChI is InChI=1S/C9H21NO3Si2/c1-4-12-14-9(3,15-13-5-2)6-7-10-8-11/h4-7,14-15H2,1-3H3. The molecule has 6 heteroatoms. The third-order valence-electron chi connectivity index (χ3n) is 2.20. The van der Waals surface area contributed by atoms with Gasteiger partial charge in [0.05, 0.1) is 6.54 Å². The number of rotatable bonds is 9. The van der Waals surface area contributed by atoms with Gasteiger partial charge < -0.3 is 8.85 Å². The molecule has 0 N–H and O–H groups in total. The molecule has 0 amide bonds. The molecule has 4 nitrogen and oxygen atoms in total. The van der Waals surface area contributed by atoms with Crippen molar-refractivity contribution >= 4 is 25.6 Å². The van der Waals surface area contributed by atoms with E-state index in [9.17, 15) is 4.79 Å². The van der Waals surface area contributed by atoms with E-state index >= 15 is 0 Å². The Labute approximate surface area is 96.3 Å². The third-order valence-corrected chi connectivity index (χ3v) is 6.75. The maximum Gasteiger partial charge on any atom is 0.234 e. The molecule has 0 aromatic rings. The van der Waals surface area contributed by atoms with Gasteiger partial charge >= 0.3 is 0 Å². The Hall–Kier alpha value is -0.266. The van der Waals surface area contributed by atoms with Crippen molar-refractivity contribution in [3.8, 4) is 0 Å². The highest BCUT2D eigenvalue weighted by Crippen LogP contribution is 2.27. The van der Waals surface area contributed by atoms with Crippen LogP contribution in [0, 0.1) is 0 Å². The summed E-state index contributed by atoms with van der Waals surface area (Å²) in [6.07, 6.45) is 2.48. The molecule has 0 saturated heterocycles. The van der Waals surface area contributed by atoms with Gasteiger partial charge in [0.2, 0.25) is 6.08 Å². The van der Waals surface area contributed by atoms with Crippen LogP contribution in [-0.2, 0) is 13.6 Å². The average molecular weight is 247 g/mol. The van der Waals surface area contributed by atoms with E-state index in [1.165, 1.54) is 0 Å². The van der Waals surface area contributed by atoms with Crippen molar-refractivity contribution in [3.63, 3.8) is 0 Å². The molecule has 88 valence electrons. The van der Waals surface area contributed by atoms with E-state index in [1.54, 1.807) is 6.08 Å². The van der Waals surface area contributed by atoms with E-state index < -0.39 is 19.5 Å². The van der Waals surface area contributed by atoms with Gasteiger partial charge in [-0.2, -0.15) is 0 Å². The van der Waals surface area contributed by atoms with E-state index in [0.717, 1.165) is 19.6 Å². The van der Waals surface area contributed by atoms with Crippen LogP contribution in [0.3, 0.4) is 0 Å². The quantitative estimate of drug-likeness (QED) is 0.330. The first-order valence-electron chi connectivity index (χ1n) is 5.37. The first-order valence-corrected chi connectivity index (χ1v) is 7.94. The second-order valence-corrected chi connectivity index (χ2v) is 9.62. The molecule has 15 heavy (non-hydrogen) atoms. The molecule has 0 rings (SSSR count). The minimum atomic E-state index is -0.573. The molecule has 0 atom stereocenters. The summed E-state index contributed by atoms with van der Waals surface area (Å²) in [5.41, 5.74) is 0. The average Bonchev–Trinajstić information content (AvgIpc) is 2.24. The normalized spacial score (nSPS) is 15.9. The summed E-state index contributed by atoms with van der Waals surface area (Å²) in [5.74, 6) is 0. The SMILES string of the molecule is CCO[SiH2]C(C)(CCN=C=O)[SiH2]OCC. The molecule has 0 aliphatic carbocycles. The van der Waals surface area contributed by atoms with Gasteiger partial charge in [0, 0.05) is 13.2 Å². The molecule has 0 bridgehead atoms. The van der Waals surface area contributed by atoms with Gasteiger partial charge in [0.1, 0.15) is 0 Å². The largest absolute Gasteiger partial charge is 0.424 e. The van der Waals surface area contributed by atoms with Gasteiger partial charge in [0.15, 0.2) is 19.5 Å². The van der Waals surface area contributed by atoms with E-state index in [0.29, 0.717) is 6.54 Å². The molecule has 0 fully saturated rings. The topological polar surface area (TPSA) is 47.9 Å². The summed E-state index contributed by atoms with van der Waals surface area (Å²) in [7, 11) is -1.15. The van der Waals surface area contributed by atoms with Crippen molar-refractivity contribution in [2.24, 2.45) is 4.99 Å². The predicted octanol–water partition coefficient (Wildman–Crippen LogP) is 0.0890. The molecule has 0 radical (unpaired) electrons. The van der Waals surface area contributed by atoms with Crippen LogP contribution in [0.4, 0.5) is 0 Å². The Morgan fingerprint density at radius 1 is 1.27 bits per heavy atom. The molecular formula is C9H21NO3Si2. The fraction of sp³-hybridized carbons (Fsp3) is 0.889. The molecular weight excluding hydrogens is 226 g/mol. The molecule has 0 aromatic carbocycles. The highest BCUT2D eigenvalue weighted by molar-refractivity contribution is 6.55. The fourth-order valence-electron chi connectivity index (χ4n) is 1.25. The van der Waals surface area contributed by atoms with Crippen molar-refractivity contribution in [1.82, 2.24) is 0 Å². The Balaban J connectivity index is 4.05. The van der Waals surface area contributed by atoms with Gasteiger partial charge in [-0.1, -0.05) is 6.92 Å². The maximum absolute atomic E-state index is 9.99. The van der Waals surface area contributed by atoms with Crippen LogP contribution in [0.1, 0.15) is 27.2 Å². The number of nitrogens with zero attached hydrogens (tertiary/aromatic N) is 1. The second-order valence-electron chi connectivity index (χ2n) is 3.81. The predicted molar refractivity (Wildman–Crippen MR) is 66.3 cm³/mol. The zero-order valence-electron chi connectivity index (χ0n) is 9.91. The smallest absolute Gasteiger partial charge is 0.234 e. The van der Waals surface area contributed by atoms with Crippen LogP contribution in [0.25, 0.3) is 0 Å². The molecule has 0 aliphatic heterocycles. The Bertz CT molecular complexity index is 200. The van der Waals surface area contributed by atoms with Crippen LogP contribution in [0.5, 0.6) is 0 Å². The van der Waals surface area contributed by atoms with E-state index in [2.05, 4.69) is 11.9 Å². The van der Waals surface area contributed by atoms with Crippen molar-refractivity contribution in [3.05, 3.63) is 0 Å². The molecule has 0 unspecified atom stereocenters. The first kappa shape index (κ1) is 14.7. The molecule has 0 heterocycles. The summed E-state index contributed by atoms with van der Waals surface area (Å²) in [4.78, 5) is 13.6. The molecule has 0 saturated carbocycles. The van der Waals surface area contributed by atoms with Gasteiger partial charge in [-0.15, -0.1) is 0 Å². The Morgan fingerprint density at radius 2 is 1.80 bits per heavy atom. The Kier molecular flexibility index (Phi) is 8.84. The van der Waals surface area contributed by atoms with Gasteiger partial charge in [-0.05, 0) is 24.9 Å². The zero-order chi connectivity index (χ0) is 11.6. The zero-order valence-corrected chi connectivity index (χ0v) is 12.7. The van der Waals surface area contributed by atoms with Crippen molar-refractivity contribution in [2.45, 2.75) is 31.9 Å². The summed E-state index contributed by atoms with van der Waals surface area (Å²) in [6.45, 7) is 8.34. The van der Waals surface area contributed by atoms with E-state index in [1.807, 2.05) is 13.8 Å². The molecule has 0 aromatic heterocycles. The van der Waals surface area contributed by atoms with Crippen LogP contribution < -0.4 is 0 Å². The minimum absolute atomic E-state index is 0.215. The highest BCUT2D eigenvalue weighted by atomic mass is 28.3. The van der Waals surface area contributed by atoms with E-state index in [4.69, 9.17) is 8.85 Å². The second kappa shape index (κ2) is 9.00. The van der Waals surface area contributed by atoms with Crippen molar-refractivity contribution in [2.75, 3.05) is 19.8 Å². The molecule has 0 aliphatic rings. The summed E-state index contributed by atoms with van der Waals surface area (Å²) >= 11 is 0. The van der Waals surface area contributed by atoms with Crippen molar-refractivity contribution < 1.29 is 13.6 Å². The monoisotopic (exact) mass is 247 g/mol. The van der Waals surface area contributed by atoms with Crippen LogP contribution in [0.2, 0.25) is 4.66 Å². The van der Waals surface area contributed by atoms with Crippen LogP contribution in [0.15, 0.2) is 4.99 Å². The number of hydrogen-bond donors (Lipinski definition) is 0. The minimum Gasteiger partial charge on any atom is -0.424 e. The lowest BCUT2D eigenvalue weighted by atomic mass is 10.3. The van der Waals surface area contributed by atoms with Gasteiger partial charge in [0.25, 0.3) is 0 Å². The number of carbonyl (C=O) groups excluding carboxylic acids is 1. The van der Waals surface area contributed by atoms with Gasteiger partial charge in [-0.25, -0.2) is 9.79 Å². The number of hydrogen-bond acceptors (Lipinski definition) is 4. The Morgan fingerprint density at radius 3 is 2.20 bits per heavy atom. The van der Waals surface area contributed by atoms with Gasteiger partial charge in [-0.3, -0.25) is 0 Å². The highest BCUT2D eigenvalue weighted by Gasteiger charge is 2.26. The molecule has 0 spiro atoms. The summed E-state index contributed by atoms with van der Waals surface area (Å²) in [5, 5.41) is 0. The first-order chi connectivity index (χ1) is 7.18. The van der Waals surface area contributed by atoms with E-state index in [-0.39, 0.29) is 4.66 Å². The third kappa shape index (κ3) is 7.64. The van der Waals surface area contributed by atoms with Crippen LogP contribution in [-0.4, -0.2) is 45.4 Å². The number of aliphatic imine (C=N–C) groups is 1. The lowest BCUT2D eigenvalue weighted by Gasteiger charge is -2.26. The number of isocyanates is 1. The summed E-state index contributed by atoms with van der Waals surface area (Å²) in [6, 6.07) is 0. The van der Waals surface area contributed by atoms with Crippen LogP contribution >= 0.6 is 0 Å². The maximum atomic E-state index is 9.99. The fourth-order valence-corrected chi connectivity index (χ4v) is 4.45. The lowest BCUT2D eigenvalue weighted by Crippen LogP contribution is -2.29.